The molecule has 0 bridgehead atoms. The van der Waals surface area contributed by atoms with Gasteiger partial charge >= 0.3 is 0 Å². The van der Waals surface area contributed by atoms with Crippen molar-refractivity contribution in [3.8, 4) is 11.8 Å². The van der Waals surface area contributed by atoms with Crippen LogP contribution in [0.25, 0.3) is 0 Å². The Morgan fingerprint density at radius 3 is 2.19 bits per heavy atom. The van der Waals surface area contributed by atoms with Crippen molar-refractivity contribution in [2.45, 2.75) is 84.2 Å². The number of aliphatic hydroxyl groups is 1. The summed E-state index contributed by atoms with van der Waals surface area (Å²) in [5.74, 6) is 5.97. The van der Waals surface area contributed by atoms with Crippen LogP contribution in [-0.4, -0.2) is 11.2 Å². The van der Waals surface area contributed by atoms with Crippen LogP contribution in [0.5, 0.6) is 0 Å². The zero-order chi connectivity index (χ0) is 12.1. The van der Waals surface area contributed by atoms with E-state index in [4.69, 9.17) is 0 Å². The number of unbranched alkanes of at least 4 members (excludes halogenated alkanes) is 7. The van der Waals surface area contributed by atoms with E-state index in [9.17, 15) is 5.11 Å². The Balaban J connectivity index is 3.28. The van der Waals surface area contributed by atoms with E-state index in [1.54, 1.807) is 0 Å². The zero-order valence-electron chi connectivity index (χ0n) is 11.1. The Hall–Kier alpha value is -0.480. The third-order valence-electron chi connectivity index (χ3n) is 2.76. The van der Waals surface area contributed by atoms with Crippen molar-refractivity contribution in [2.75, 3.05) is 0 Å². The molecule has 0 aromatic carbocycles. The molecule has 1 N–H and O–H groups in total. The minimum absolute atomic E-state index is 0.386. The van der Waals surface area contributed by atoms with Crippen molar-refractivity contribution >= 4 is 0 Å². The molecular formula is C15H28O. The monoisotopic (exact) mass is 224 g/mol. The lowest BCUT2D eigenvalue weighted by Gasteiger charge is -2.03. The molecule has 0 aliphatic rings. The van der Waals surface area contributed by atoms with E-state index in [0.717, 1.165) is 25.7 Å². The predicted molar refractivity (Wildman–Crippen MR) is 71.3 cm³/mol. The second-order valence-corrected chi connectivity index (χ2v) is 4.50. The van der Waals surface area contributed by atoms with Crippen LogP contribution in [0.2, 0.25) is 0 Å². The molecule has 0 aromatic heterocycles. The van der Waals surface area contributed by atoms with Crippen molar-refractivity contribution < 1.29 is 5.11 Å². The molecule has 1 heteroatoms. The topological polar surface area (TPSA) is 20.2 Å². The maximum atomic E-state index is 9.58. The molecule has 0 spiro atoms. The molecule has 0 fully saturated rings. The Morgan fingerprint density at radius 1 is 0.875 bits per heavy atom. The van der Waals surface area contributed by atoms with Gasteiger partial charge in [-0.25, -0.2) is 0 Å². The molecule has 1 nitrogen and oxygen atoms in total. The van der Waals surface area contributed by atoms with Crippen LogP contribution < -0.4 is 0 Å². The van der Waals surface area contributed by atoms with E-state index in [-0.39, 0.29) is 6.10 Å². The maximum absolute atomic E-state index is 9.58. The van der Waals surface area contributed by atoms with E-state index in [0.29, 0.717) is 0 Å². The third-order valence-corrected chi connectivity index (χ3v) is 2.76. The first-order valence-electron chi connectivity index (χ1n) is 6.97. The molecule has 0 radical (unpaired) electrons. The highest BCUT2D eigenvalue weighted by Gasteiger charge is 1.98. The molecule has 1 unspecified atom stereocenters. The van der Waals surface area contributed by atoms with Crippen molar-refractivity contribution in [1.29, 1.82) is 0 Å². The lowest BCUT2D eigenvalue weighted by Crippen LogP contribution is -2.02. The summed E-state index contributed by atoms with van der Waals surface area (Å²) in [6.07, 6.45) is 11.4. The van der Waals surface area contributed by atoms with Gasteiger partial charge in [-0.1, -0.05) is 58.3 Å². The summed E-state index contributed by atoms with van der Waals surface area (Å²) in [5.41, 5.74) is 0. The van der Waals surface area contributed by atoms with E-state index in [1.807, 2.05) is 0 Å². The van der Waals surface area contributed by atoms with Crippen LogP contribution in [0.1, 0.15) is 78.1 Å². The van der Waals surface area contributed by atoms with Crippen LogP contribution in [-0.2, 0) is 0 Å². The molecule has 0 heterocycles. The second-order valence-electron chi connectivity index (χ2n) is 4.50. The first-order valence-corrected chi connectivity index (χ1v) is 6.97. The van der Waals surface area contributed by atoms with Gasteiger partial charge in [0.05, 0.1) is 0 Å². The average Bonchev–Trinajstić information content (AvgIpc) is 2.29. The van der Waals surface area contributed by atoms with Crippen molar-refractivity contribution in [3.05, 3.63) is 0 Å². The molecule has 0 aliphatic carbocycles. The van der Waals surface area contributed by atoms with Gasteiger partial charge in [0.1, 0.15) is 6.10 Å². The Bertz CT molecular complexity index is 187. The fraction of sp³-hybridized carbons (Fsp3) is 0.867. The Morgan fingerprint density at radius 2 is 1.50 bits per heavy atom. The molecule has 0 saturated carbocycles. The number of aliphatic hydroxyl groups excluding tert-OH is 1. The predicted octanol–water partition coefficient (Wildman–Crippen LogP) is 4.29. The van der Waals surface area contributed by atoms with Crippen molar-refractivity contribution in [2.24, 2.45) is 0 Å². The summed E-state index contributed by atoms with van der Waals surface area (Å²) in [6, 6.07) is 0. The van der Waals surface area contributed by atoms with Crippen LogP contribution in [0.15, 0.2) is 0 Å². The van der Waals surface area contributed by atoms with Gasteiger partial charge in [0.25, 0.3) is 0 Å². The molecule has 0 saturated heterocycles. The normalized spacial score (nSPS) is 11.9. The Kier molecular flexibility index (Phi) is 12.2. The quantitative estimate of drug-likeness (QED) is 0.457. The summed E-state index contributed by atoms with van der Waals surface area (Å²) in [4.78, 5) is 0. The van der Waals surface area contributed by atoms with Crippen LogP contribution in [0, 0.1) is 11.8 Å². The van der Waals surface area contributed by atoms with Gasteiger partial charge in [-0.15, -0.1) is 5.92 Å². The van der Waals surface area contributed by atoms with Crippen LogP contribution in [0.3, 0.4) is 0 Å². The van der Waals surface area contributed by atoms with Gasteiger partial charge in [0.2, 0.25) is 0 Å². The summed E-state index contributed by atoms with van der Waals surface area (Å²) < 4.78 is 0. The highest BCUT2D eigenvalue weighted by Crippen LogP contribution is 2.08. The van der Waals surface area contributed by atoms with Gasteiger partial charge in [0.15, 0.2) is 0 Å². The number of hydrogen-bond donors (Lipinski definition) is 1. The smallest absolute Gasteiger partial charge is 0.114 e. The standard InChI is InChI=1S/C15H28O/c1-3-5-7-9-10-12-14-15(16)13-11-8-6-4-2/h15-16H,3-10,12,14H2,1-2H3. The second kappa shape index (κ2) is 12.6. The molecule has 0 aromatic rings. The maximum Gasteiger partial charge on any atom is 0.114 e. The van der Waals surface area contributed by atoms with Gasteiger partial charge in [-0.2, -0.15) is 0 Å². The van der Waals surface area contributed by atoms with Crippen LogP contribution in [0.4, 0.5) is 0 Å². The SMILES string of the molecule is CCCCC#CC(O)CCCCCCCC. The van der Waals surface area contributed by atoms with Gasteiger partial charge < -0.3 is 5.11 Å². The minimum atomic E-state index is -0.386. The fourth-order valence-electron chi connectivity index (χ4n) is 1.65. The van der Waals surface area contributed by atoms with E-state index >= 15 is 0 Å². The van der Waals surface area contributed by atoms with Gasteiger partial charge in [0, 0.05) is 6.42 Å². The first-order chi connectivity index (χ1) is 7.81. The first kappa shape index (κ1) is 15.5. The van der Waals surface area contributed by atoms with E-state index < -0.39 is 0 Å². The highest BCUT2D eigenvalue weighted by molar-refractivity contribution is 5.04. The van der Waals surface area contributed by atoms with Gasteiger partial charge in [-0.3, -0.25) is 0 Å². The van der Waals surface area contributed by atoms with E-state index in [1.165, 1.54) is 38.5 Å². The van der Waals surface area contributed by atoms with Gasteiger partial charge in [-0.05, 0) is 19.3 Å². The Labute approximate surface area is 102 Å². The summed E-state index contributed by atoms with van der Waals surface area (Å²) >= 11 is 0. The molecule has 0 amide bonds. The summed E-state index contributed by atoms with van der Waals surface area (Å²) in [5, 5.41) is 9.58. The minimum Gasteiger partial charge on any atom is -0.380 e. The van der Waals surface area contributed by atoms with Crippen molar-refractivity contribution in [3.63, 3.8) is 0 Å². The highest BCUT2D eigenvalue weighted by atomic mass is 16.3. The lowest BCUT2D eigenvalue weighted by atomic mass is 10.1. The number of rotatable bonds is 9. The summed E-state index contributed by atoms with van der Waals surface area (Å²) in [6.45, 7) is 4.39. The average molecular weight is 224 g/mol. The third kappa shape index (κ3) is 11.6. The molecule has 1 atom stereocenters. The van der Waals surface area contributed by atoms with Crippen molar-refractivity contribution in [1.82, 2.24) is 0 Å². The summed E-state index contributed by atoms with van der Waals surface area (Å²) in [7, 11) is 0. The zero-order valence-corrected chi connectivity index (χ0v) is 11.1. The van der Waals surface area contributed by atoms with E-state index in [2.05, 4.69) is 25.7 Å². The number of hydrogen-bond acceptors (Lipinski definition) is 1. The molecular weight excluding hydrogens is 196 g/mol. The molecule has 16 heavy (non-hydrogen) atoms. The lowest BCUT2D eigenvalue weighted by molar-refractivity contribution is 0.217. The fourth-order valence-corrected chi connectivity index (χ4v) is 1.65. The molecule has 94 valence electrons. The largest absolute Gasteiger partial charge is 0.380 e. The van der Waals surface area contributed by atoms with Crippen LogP contribution >= 0.6 is 0 Å². The molecule has 0 aliphatic heterocycles. The molecule has 0 rings (SSSR count).